The molecule has 0 aliphatic rings. The van der Waals surface area contributed by atoms with Crippen molar-refractivity contribution in [3.05, 3.63) is 54.4 Å². The number of nitrogens with zero attached hydrogens (tertiary/aromatic N) is 3. The number of anilines is 3. The van der Waals surface area contributed by atoms with Crippen LogP contribution >= 0.6 is 0 Å². The van der Waals surface area contributed by atoms with E-state index < -0.39 is 0 Å². The molecule has 0 spiro atoms. The standard InChI is InChI=1S/C18H20N4/c1-4-13-5-10-17-16(11-13)18(20-12-19-17)21-14-6-8-15(9-7-14)22(2)3/h5-12H,4H2,1-3H3,(H,19,20,21). The molecule has 1 aromatic heterocycles. The van der Waals surface area contributed by atoms with Crippen molar-refractivity contribution in [1.29, 1.82) is 0 Å². The lowest BCUT2D eigenvalue weighted by molar-refractivity contribution is 1.13. The van der Waals surface area contributed by atoms with Crippen molar-refractivity contribution in [2.24, 2.45) is 0 Å². The molecule has 3 aromatic rings. The van der Waals surface area contributed by atoms with E-state index in [0.717, 1.165) is 28.8 Å². The number of aromatic nitrogens is 2. The second-order valence-corrected chi connectivity index (χ2v) is 5.49. The Bertz CT molecular complexity index is 779. The fourth-order valence-corrected chi connectivity index (χ4v) is 2.40. The quantitative estimate of drug-likeness (QED) is 0.789. The molecule has 4 heteroatoms. The maximum atomic E-state index is 4.40. The van der Waals surface area contributed by atoms with Crippen LogP contribution < -0.4 is 10.2 Å². The molecule has 2 aromatic carbocycles. The van der Waals surface area contributed by atoms with E-state index in [4.69, 9.17) is 0 Å². The molecule has 0 aliphatic heterocycles. The lowest BCUT2D eigenvalue weighted by atomic mass is 10.1. The van der Waals surface area contributed by atoms with Crippen LogP contribution in [0.15, 0.2) is 48.8 Å². The van der Waals surface area contributed by atoms with Gasteiger partial charge in [0, 0.05) is 30.9 Å². The minimum absolute atomic E-state index is 0.845. The van der Waals surface area contributed by atoms with Gasteiger partial charge in [-0.15, -0.1) is 0 Å². The van der Waals surface area contributed by atoms with E-state index in [9.17, 15) is 0 Å². The van der Waals surface area contributed by atoms with E-state index in [1.54, 1.807) is 6.33 Å². The Morgan fingerprint density at radius 3 is 2.45 bits per heavy atom. The summed E-state index contributed by atoms with van der Waals surface area (Å²) < 4.78 is 0. The van der Waals surface area contributed by atoms with Gasteiger partial charge in [-0.2, -0.15) is 0 Å². The molecule has 4 nitrogen and oxygen atoms in total. The Hall–Kier alpha value is -2.62. The van der Waals surface area contributed by atoms with Crippen LogP contribution in [0.25, 0.3) is 10.9 Å². The summed E-state index contributed by atoms with van der Waals surface area (Å²) in [6, 6.07) is 14.6. The van der Waals surface area contributed by atoms with Gasteiger partial charge in [0.1, 0.15) is 12.1 Å². The molecule has 22 heavy (non-hydrogen) atoms. The number of rotatable bonds is 4. The van der Waals surface area contributed by atoms with Crippen LogP contribution in [0.2, 0.25) is 0 Å². The van der Waals surface area contributed by atoms with Gasteiger partial charge in [-0.1, -0.05) is 13.0 Å². The van der Waals surface area contributed by atoms with Crippen molar-refractivity contribution in [2.75, 3.05) is 24.3 Å². The number of hydrogen-bond donors (Lipinski definition) is 1. The summed E-state index contributed by atoms with van der Waals surface area (Å²) in [5, 5.41) is 4.45. The number of benzene rings is 2. The van der Waals surface area contributed by atoms with Gasteiger partial charge >= 0.3 is 0 Å². The zero-order valence-electron chi connectivity index (χ0n) is 13.2. The Kier molecular flexibility index (Phi) is 3.92. The van der Waals surface area contributed by atoms with E-state index >= 15 is 0 Å². The minimum Gasteiger partial charge on any atom is -0.378 e. The summed E-state index contributed by atoms with van der Waals surface area (Å²) in [6.45, 7) is 2.15. The van der Waals surface area contributed by atoms with Crippen molar-refractivity contribution in [2.45, 2.75) is 13.3 Å². The lowest BCUT2D eigenvalue weighted by Crippen LogP contribution is -2.08. The van der Waals surface area contributed by atoms with E-state index in [0.29, 0.717) is 0 Å². The molecule has 1 heterocycles. The molecule has 0 fully saturated rings. The molecule has 112 valence electrons. The normalized spacial score (nSPS) is 10.7. The van der Waals surface area contributed by atoms with Crippen molar-refractivity contribution in [3.8, 4) is 0 Å². The molecule has 0 amide bonds. The first kappa shape index (κ1) is 14.3. The first-order valence-corrected chi connectivity index (χ1v) is 7.45. The van der Waals surface area contributed by atoms with Crippen LogP contribution in [-0.2, 0) is 6.42 Å². The Labute approximate surface area is 130 Å². The number of aryl methyl sites for hydroxylation is 1. The first-order valence-electron chi connectivity index (χ1n) is 7.45. The average molecular weight is 292 g/mol. The predicted molar refractivity (Wildman–Crippen MR) is 93.0 cm³/mol. The monoisotopic (exact) mass is 292 g/mol. The highest BCUT2D eigenvalue weighted by molar-refractivity contribution is 5.91. The molecule has 0 atom stereocenters. The molecular formula is C18H20N4. The Balaban J connectivity index is 1.96. The second kappa shape index (κ2) is 6.02. The summed E-state index contributed by atoms with van der Waals surface area (Å²) in [6.07, 6.45) is 2.60. The van der Waals surface area contributed by atoms with Gasteiger partial charge in [0.25, 0.3) is 0 Å². The van der Waals surface area contributed by atoms with Crippen molar-refractivity contribution >= 4 is 28.1 Å². The second-order valence-electron chi connectivity index (χ2n) is 5.49. The highest BCUT2D eigenvalue weighted by Gasteiger charge is 2.05. The number of hydrogen-bond acceptors (Lipinski definition) is 4. The van der Waals surface area contributed by atoms with Crippen molar-refractivity contribution in [1.82, 2.24) is 9.97 Å². The highest BCUT2D eigenvalue weighted by Crippen LogP contribution is 2.25. The maximum absolute atomic E-state index is 4.40. The molecule has 0 bridgehead atoms. The number of nitrogens with one attached hydrogen (secondary N) is 1. The topological polar surface area (TPSA) is 41.1 Å². The molecule has 0 aliphatic carbocycles. The molecule has 0 unspecified atom stereocenters. The minimum atomic E-state index is 0.845. The van der Waals surface area contributed by atoms with Gasteiger partial charge in [0.05, 0.1) is 5.52 Å². The summed E-state index contributed by atoms with van der Waals surface area (Å²) in [7, 11) is 4.07. The van der Waals surface area contributed by atoms with Crippen LogP contribution in [0, 0.1) is 0 Å². The molecule has 3 rings (SSSR count). The third kappa shape index (κ3) is 2.86. The summed E-state index contributed by atoms with van der Waals surface area (Å²) in [5.41, 5.74) is 4.44. The van der Waals surface area contributed by atoms with Gasteiger partial charge in [-0.3, -0.25) is 0 Å². The van der Waals surface area contributed by atoms with Crippen LogP contribution in [0.4, 0.5) is 17.2 Å². The van der Waals surface area contributed by atoms with E-state index in [2.05, 4.69) is 69.6 Å². The van der Waals surface area contributed by atoms with Crippen LogP contribution in [-0.4, -0.2) is 24.1 Å². The average Bonchev–Trinajstić information content (AvgIpc) is 2.55. The van der Waals surface area contributed by atoms with E-state index in [1.165, 1.54) is 11.3 Å². The maximum Gasteiger partial charge on any atom is 0.141 e. The Morgan fingerprint density at radius 2 is 1.77 bits per heavy atom. The predicted octanol–water partition coefficient (Wildman–Crippen LogP) is 4.00. The lowest BCUT2D eigenvalue weighted by Gasteiger charge is -2.14. The fourth-order valence-electron chi connectivity index (χ4n) is 2.40. The zero-order valence-corrected chi connectivity index (χ0v) is 13.2. The van der Waals surface area contributed by atoms with Crippen molar-refractivity contribution in [3.63, 3.8) is 0 Å². The van der Waals surface area contributed by atoms with Crippen LogP contribution in [0.1, 0.15) is 12.5 Å². The third-order valence-electron chi connectivity index (χ3n) is 3.75. The van der Waals surface area contributed by atoms with Gasteiger partial charge in [0.15, 0.2) is 0 Å². The molecular weight excluding hydrogens is 272 g/mol. The molecule has 0 saturated heterocycles. The highest BCUT2D eigenvalue weighted by atomic mass is 15.1. The largest absolute Gasteiger partial charge is 0.378 e. The molecule has 1 N–H and O–H groups in total. The van der Waals surface area contributed by atoms with E-state index in [1.807, 2.05) is 14.1 Å². The summed E-state index contributed by atoms with van der Waals surface area (Å²) in [4.78, 5) is 10.8. The fraction of sp³-hybridized carbons (Fsp3) is 0.222. The summed E-state index contributed by atoms with van der Waals surface area (Å²) in [5.74, 6) is 0.845. The van der Waals surface area contributed by atoms with Gasteiger partial charge < -0.3 is 10.2 Å². The smallest absolute Gasteiger partial charge is 0.141 e. The number of fused-ring (bicyclic) bond motifs is 1. The summed E-state index contributed by atoms with van der Waals surface area (Å²) >= 11 is 0. The SMILES string of the molecule is CCc1ccc2ncnc(Nc3ccc(N(C)C)cc3)c2c1. The molecule has 0 saturated carbocycles. The van der Waals surface area contributed by atoms with Crippen LogP contribution in [0.5, 0.6) is 0 Å². The zero-order chi connectivity index (χ0) is 15.5. The van der Waals surface area contributed by atoms with Gasteiger partial charge in [-0.25, -0.2) is 9.97 Å². The van der Waals surface area contributed by atoms with Gasteiger partial charge in [-0.05, 0) is 48.4 Å². The first-order chi connectivity index (χ1) is 10.7. The van der Waals surface area contributed by atoms with E-state index in [-0.39, 0.29) is 0 Å². The van der Waals surface area contributed by atoms with Crippen LogP contribution in [0.3, 0.4) is 0 Å². The third-order valence-corrected chi connectivity index (χ3v) is 3.75. The molecule has 0 radical (unpaired) electrons. The van der Waals surface area contributed by atoms with Crippen molar-refractivity contribution < 1.29 is 0 Å². The van der Waals surface area contributed by atoms with Gasteiger partial charge in [0.2, 0.25) is 0 Å². The Morgan fingerprint density at radius 1 is 1.00 bits per heavy atom.